The Labute approximate surface area is 137 Å². The predicted octanol–water partition coefficient (Wildman–Crippen LogP) is 2.72. The zero-order valence-electron chi connectivity index (χ0n) is 12.8. The standard InChI is InChI=1S/C16H15ClO6/c1-7-4-8(18)5-11(19)16(7)15(20)12-9(21-2)6-10(22-3)13(17)14(12)23-16/h5-7,19H,4H2,1-3H3/t7-,16-/m1/s1. The fourth-order valence-corrected chi connectivity index (χ4v) is 3.38. The van der Waals surface area contributed by atoms with Crippen LogP contribution in [0.15, 0.2) is 17.9 Å². The van der Waals surface area contributed by atoms with Crippen molar-refractivity contribution >= 4 is 23.2 Å². The molecule has 0 amide bonds. The largest absolute Gasteiger partial charge is 0.507 e. The topological polar surface area (TPSA) is 82.1 Å². The Bertz CT molecular complexity index is 753. The van der Waals surface area contributed by atoms with E-state index in [2.05, 4.69) is 0 Å². The molecule has 0 aromatic heterocycles. The van der Waals surface area contributed by atoms with E-state index >= 15 is 0 Å². The quantitative estimate of drug-likeness (QED) is 0.892. The van der Waals surface area contributed by atoms with E-state index in [1.54, 1.807) is 6.92 Å². The Balaban J connectivity index is 2.25. The van der Waals surface area contributed by atoms with Crippen molar-refractivity contribution in [3.8, 4) is 17.2 Å². The summed E-state index contributed by atoms with van der Waals surface area (Å²) in [5.41, 5.74) is -1.51. The number of fused-ring (bicyclic) bond motifs is 1. The van der Waals surface area contributed by atoms with Gasteiger partial charge in [-0.3, -0.25) is 9.59 Å². The van der Waals surface area contributed by atoms with E-state index < -0.39 is 23.1 Å². The van der Waals surface area contributed by atoms with Crippen LogP contribution in [-0.4, -0.2) is 36.5 Å². The number of Topliss-reactive ketones (excluding diaryl/α,β-unsaturated/α-hetero) is 1. The zero-order valence-corrected chi connectivity index (χ0v) is 13.6. The number of aliphatic hydroxyl groups excluding tert-OH is 1. The molecule has 1 aliphatic heterocycles. The van der Waals surface area contributed by atoms with Crippen LogP contribution in [0.1, 0.15) is 23.7 Å². The van der Waals surface area contributed by atoms with Crippen LogP contribution < -0.4 is 14.2 Å². The second-order valence-electron chi connectivity index (χ2n) is 5.57. The number of hydrogen-bond acceptors (Lipinski definition) is 6. The fraction of sp³-hybridized carbons (Fsp3) is 0.375. The molecular weight excluding hydrogens is 324 g/mol. The molecule has 1 N–H and O–H groups in total. The average molecular weight is 339 g/mol. The first-order valence-corrected chi connectivity index (χ1v) is 7.36. The number of allylic oxidation sites excluding steroid dienone is 1. The van der Waals surface area contributed by atoms with Crippen LogP contribution in [0.2, 0.25) is 5.02 Å². The van der Waals surface area contributed by atoms with Gasteiger partial charge >= 0.3 is 0 Å². The van der Waals surface area contributed by atoms with Crippen LogP contribution in [0, 0.1) is 5.92 Å². The molecule has 1 aromatic rings. The van der Waals surface area contributed by atoms with Gasteiger partial charge in [0, 0.05) is 24.5 Å². The van der Waals surface area contributed by atoms with Gasteiger partial charge in [0.25, 0.3) is 0 Å². The van der Waals surface area contributed by atoms with E-state index in [9.17, 15) is 14.7 Å². The maximum atomic E-state index is 13.0. The molecule has 0 saturated carbocycles. The molecule has 1 aliphatic carbocycles. The van der Waals surface area contributed by atoms with Crippen molar-refractivity contribution in [1.82, 2.24) is 0 Å². The summed E-state index contributed by atoms with van der Waals surface area (Å²) < 4.78 is 16.2. The lowest BCUT2D eigenvalue weighted by molar-refractivity contribution is -0.118. The Morgan fingerprint density at radius 1 is 1.30 bits per heavy atom. The Morgan fingerprint density at radius 3 is 2.52 bits per heavy atom. The first-order chi connectivity index (χ1) is 10.9. The number of ketones is 2. The molecule has 0 fully saturated rings. The summed E-state index contributed by atoms with van der Waals surface area (Å²) in [5.74, 6) is -1.10. The molecule has 0 saturated heterocycles. The summed E-state index contributed by atoms with van der Waals surface area (Å²) in [7, 11) is 2.84. The summed E-state index contributed by atoms with van der Waals surface area (Å²) in [6.07, 6.45) is 1.11. The molecule has 3 rings (SSSR count). The minimum atomic E-state index is -1.65. The van der Waals surface area contributed by atoms with E-state index in [0.717, 1.165) is 6.08 Å². The number of rotatable bonds is 2. The van der Waals surface area contributed by atoms with Gasteiger partial charge in [-0.15, -0.1) is 0 Å². The smallest absolute Gasteiger partial charge is 0.230 e. The maximum absolute atomic E-state index is 13.0. The molecule has 1 heterocycles. The molecule has 1 aromatic carbocycles. The van der Waals surface area contributed by atoms with Crippen molar-refractivity contribution in [2.24, 2.45) is 5.92 Å². The van der Waals surface area contributed by atoms with Crippen LogP contribution in [0.4, 0.5) is 0 Å². The van der Waals surface area contributed by atoms with Gasteiger partial charge < -0.3 is 19.3 Å². The van der Waals surface area contributed by atoms with Crippen molar-refractivity contribution < 1.29 is 28.9 Å². The van der Waals surface area contributed by atoms with Gasteiger partial charge in [-0.1, -0.05) is 18.5 Å². The van der Waals surface area contributed by atoms with Crippen molar-refractivity contribution in [2.45, 2.75) is 18.9 Å². The van der Waals surface area contributed by atoms with E-state index in [1.807, 2.05) is 0 Å². The number of benzene rings is 1. The van der Waals surface area contributed by atoms with Crippen LogP contribution >= 0.6 is 11.6 Å². The molecule has 0 radical (unpaired) electrons. The summed E-state index contributed by atoms with van der Waals surface area (Å²) in [4.78, 5) is 24.6. The lowest BCUT2D eigenvalue weighted by atomic mass is 9.75. The highest BCUT2D eigenvalue weighted by atomic mass is 35.5. The highest BCUT2D eigenvalue weighted by Gasteiger charge is 2.59. The third kappa shape index (κ3) is 1.94. The Kier molecular flexibility index (Phi) is 3.52. The summed E-state index contributed by atoms with van der Waals surface area (Å²) in [5, 5.41) is 10.4. The van der Waals surface area contributed by atoms with E-state index in [1.165, 1.54) is 20.3 Å². The highest BCUT2D eigenvalue weighted by Crippen LogP contribution is 2.53. The molecular formula is C16H15ClO6. The van der Waals surface area contributed by atoms with Gasteiger partial charge in [0.2, 0.25) is 11.4 Å². The minimum absolute atomic E-state index is 0.0842. The maximum Gasteiger partial charge on any atom is 0.230 e. The van der Waals surface area contributed by atoms with Crippen molar-refractivity contribution in [3.63, 3.8) is 0 Å². The number of ether oxygens (including phenoxy) is 3. The lowest BCUT2D eigenvalue weighted by Crippen LogP contribution is -2.51. The summed E-state index contributed by atoms with van der Waals surface area (Å²) in [6, 6.07) is 1.49. The van der Waals surface area contributed by atoms with Gasteiger partial charge in [0.05, 0.1) is 14.2 Å². The van der Waals surface area contributed by atoms with Gasteiger partial charge in [-0.25, -0.2) is 0 Å². The molecule has 2 aliphatic rings. The van der Waals surface area contributed by atoms with Crippen LogP contribution in [0.3, 0.4) is 0 Å². The zero-order chi connectivity index (χ0) is 16.9. The molecule has 0 bridgehead atoms. The fourth-order valence-electron chi connectivity index (χ4n) is 3.11. The number of hydrogen-bond donors (Lipinski definition) is 1. The number of carbonyl (C=O) groups is 2. The third-order valence-corrected chi connectivity index (χ3v) is 4.66. The first-order valence-electron chi connectivity index (χ1n) is 6.99. The first kappa shape index (κ1) is 15.7. The summed E-state index contributed by atoms with van der Waals surface area (Å²) in [6.45, 7) is 1.67. The number of halogens is 1. The number of carbonyl (C=O) groups excluding carboxylic acids is 2. The van der Waals surface area contributed by atoms with Gasteiger partial charge in [0.1, 0.15) is 27.8 Å². The average Bonchev–Trinajstić information content (AvgIpc) is 2.82. The van der Waals surface area contributed by atoms with Crippen LogP contribution in [0.5, 0.6) is 17.2 Å². The molecule has 0 unspecified atom stereocenters. The van der Waals surface area contributed by atoms with E-state index in [0.29, 0.717) is 0 Å². The molecule has 1 spiro atoms. The van der Waals surface area contributed by atoms with Gasteiger partial charge in [-0.2, -0.15) is 0 Å². The molecule has 122 valence electrons. The van der Waals surface area contributed by atoms with Crippen molar-refractivity contribution in [2.75, 3.05) is 14.2 Å². The highest BCUT2D eigenvalue weighted by molar-refractivity contribution is 6.35. The van der Waals surface area contributed by atoms with Crippen molar-refractivity contribution in [3.05, 3.63) is 28.5 Å². The minimum Gasteiger partial charge on any atom is -0.507 e. The lowest BCUT2D eigenvalue weighted by Gasteiger charge is -2.34. The van der Waals surface area contributed by atoms with Crippen molar-refractivity contribution in [1.29, 1.82) is 0 Å². The number of methoxy groups -OCH3 is 2. The second-order valence-corrected chi connectivity index (χ2v) is 5.95. The molecule has 6 nitrogen and oxygen atoms in total. The third-order valence-electron chi connectivity index (χ3n) is 4.30. The second kappa shape index (κ2) is 5.16. The van der Waals surface area contributed by atoms with Gasteiger partial charge in [-0.05, 0) is 0 Å². The molecule has 7 heteroatoms. The molecule has 2 atom stereocenters. The monoisotopic (exact) mass is 338 g/mol. The van der Waals surface area contributed by atoms with Crippen LogP contribution in [-0.2, 0) is 4.79 Å². The Hall–Kier alpha value is -2.21. The number of aliphatic hydroxyl groups is 1. The normalized spacial score (nSPS) is 25.9. The molecule has 23 heavy (non-hydrogen) atoms. The van der Waals surface area contributed by atoms with Gasteiger partial charge in [0.15, 0.2) is 11.5 Å². The SMILES string of the molecule is COc1cc(OC)c2c(c1Cl)O[C@@]1(C2=O)C(O)=CC(=O)C[C@H]1C. The summed E-state index contributed by atoms with van der Waals surface area (Å²) >= 11 is 6.25. The van der Waals surface area contributed by atoms with E-state index in [-0.39, 0.29) is 40.0 Å². The van der Waals surface area contributed by atoms with Crippen LogP contribution in [0.25, 0.3) is 0 Å². The Morgan fingerprint density at radius 2 is 1.96 bits per heavy atom. The predicted molar refractivity (Wildman–Crippen MR) is 81.7 cm³/mol. The van der Waals surface area contributed by atoms with E-state index in [4.69, 9.17) is 25.8 Å².